The fourth-order valence-corrected chi connectivity index (χ4v) is 5.00. The van der Waals surface area contributed by atoms with Crippen molar-refractivity contribution in [2.75, 3.05) is 27.3 Å². The van der Waals surface area contributed by atoms with Crippen molar-refractivity contribution in [1.29, 1.82) is 0 Å². The summed E-state index contributed by atoms with van der Waals surface area (Å²) in [6, 6.07) is 13.4. The minimum Gasteiger partial charge on any atom is -0.497 e. The van der Waals surface area contributed by atoms with Crippen LogP contribution in [0.4, 0.5) is 5.95 Å². The lowest BCUT2D eigenvalue weighted by molar-refractivity contribution is -0.135. The van der Waals surface area contributed by atoms with E-state index in [1.54, 1.807) is 14.2 Å². The van der Waals surface area contributed by atoms with Crippen molar-refractivity contribution in [3.8, 4) is 11.5 Å². The predicted molar refractivity (Wildman–Crippen MR) is 124 cm³/mol. The highest BCUT2D eigenvalue weighted by molar-refractivity contribution is 6.06. The summed E-state index contributed by atoms with van der Waals surface area (Å²) in [6.45, 7) is 3.53. The molecule has 0 bridgehead atoms. The SMILES string of the molecule is COc1ccc(OC)c(C2C(C(=O)N3CCCCC3)C(C)=Nc3nc4ccccc4n32)c1. The number of imidazole rings is 1. The zero-order chi connectivity index (χ0) is 22.2. The molecule has 7 heteroatoms. The highest BCUT2D eigenvalue weighted by atomic mass is 16.5. The van der Waals surface area contributed by atoms with Crippen LogP contribution in [0.15, 0.2) is 47.5 Å². The molecule has 0 radical (unpaired) electrons. The molecule has 0 spiro atoms. The summed E-state index contributed by atoms with van der Waals surface area (Å²) >= 11 is 0. The third-order valence-corrected chi connectivity index (χ3v) is 6.59. The smallest absolute Gasteiger partial charge is 0.233 e. The van der Waals surface area contributed by atoms with Crippen molar-refractivity contribution >= 4 is 28.6 Å². The third kappa shape index (κ3) is 3.32. The quantitative estimate of drug-likeness (QED) is 0.614. The molecule has 1 saturated heterocycles. The van der Waals surface area contributed by atoms with E-state index in [-0.39, 0.29) is 11.9 Å². The van der Waals surface area contributed by atoms with Gasteiger partial charge in [0, 0.05) is 24.4 Å². The molecule has 2 unspecified atom stereocenters. The summed E-state index contributed by atoms with van der Waals surface area (Å²) in [7, 11) is 3.30. The Morgan fingerprint density at radius 3 is 2.56 bits per heavy atom. The molecule has 1 aromatic heterocycles. The summed E-state index contributed by atoms with van der Waals surface area (Å²) in [6.07, 6.45) is 3.26. The number of hydrogen-bond donors (Lipinski definition) is 0. The summed E-state index contributed by atoms with van der Waals surface area (Å²) < 4.78 is 13.4. The van der Waals surface area contributed by atoms with Gasteiger partial charge in [-0.15, -0.1) is 0 Å². The van der Waals surface area contributed by atoms with Crippen LogP contribution in [-0.4, -0.2) is 53.4 Å². The molecular weight excluding hydrogens is 404 g/mol. The van der Waals surface area contributed by atoms with E-state index in [0.29, 0.717) is 11.7 Å². The molecule has 1 amide bonds. The molecule has 2 aliphatic heterocycles. The van der Waals surface area contributed by atoms with E-state index in [1.165, 1.54) is 6.42 Å². The number of benzene rings is 2. The Bertz CT molecular complexity index is 1190. The molecule has 3 aromatic rings. The van der Waals surface area contributed by atoms with Crippen LogP contribution in [0, 0.1) is 5.92 Å². The number of para-hydroxylation sites is 2. The molecule has 3 heterocycles. The number of piperidine rings is 1. The van der Waals surface area contributed by atoms with Gasteiger partial charge in [-0.25, -0.2) is 9.98 Å². The fourth-order valence-electron chi connectivity index (χ4n) is 5.00. The Labute approximate surface area is 187 Å². The van der Waals surface area contributed by atoms with Crippen molar-refractivity contribution in [3.05, 3.63) is 48.0 Å². The molecule has 32 heavy (non-hydrogen) atoms. The Hall–Kier alpha value is -3.35. The summed E-state index contributed by atoms with van der Waals surface area (Å²) in [5, 5.41) is 0. The van der Waals surface area contributed by atoms with Gasteiger partial charge in [-0.05, 0) is 56.5 Å². The second-order valence-corrected chi connectivity index (χ2v) is 8.44. The molecule has 1 fully saturated rings. The number of aromatic nitrogens is 2. The average Bonchev–Trinajstić information content (AvgIpc) is 3.20. The van der Waals surface area contributed by atoms with Gasteiger partial charge in [0.05, 0.1) is 31.3 Å². The van der Waals surface area contributed by atoms with Gasteiger partial charge in [0.25, 0.3) is 0 Å². The molecule has 5 rings (SSSR count). The molecule has 0 aliphatic carbocycles. The Morgan fingerprint density at radius 2 is 1.81 bits per heavy atom. The van der Waals surface area contributed by atoms with E-state index in [0.717, 1.165) is 54.0 Å². The topological polar surface area (TPSA) is 69.0 Å². The zero-order valence-corrected chi connectivity index (χ0v) is 18.7. The van der Waals surface area contributed by atoms with Gasteiger partial charge in [0.2, 0.25) is 11.9 Å². The minimum absolute atomic E-state index is 0.115. The zero-order valence-electron chi connectivity index (χ0n) is 18.7. The van der Waals surface area contributed by atoms with Crippen LogP contribution in [0.25, 0.3) is 11.0 Å². The second-order valence-electron chi connectivity index (χ2n) is 8.44. The third-order valence-electron chi connectivity index (χ3n) is 6.59. The fraction of sp³-hybridized carbons (Fsp3) is 0.400. The Balaban J connectivity index is 1.74. The average molecular weight is 433 g/mol. The highest BCUT2D eigenvalue weighted by Gasteiger charge is 2.42. The van der Waals surface area contributed by atoms with Crippen LogP contribution in [0.1, 0.15) is 37.8 Å². The number of carbonyl (C=O) groups excluding carboxylic acids is 1. The molecule has 0 N–H and O–H groups in total. The first-order chi connectivity index (χ1) is 15.6. The molecule has 7 nitrogen and oxygen atoms in total. The van der Waals surface area contributed by atoms with E-state index < -0.39 is 5.92 Å². The van der Waals surface area contributed by atoms with Crippen LogP contribution in [0.3, 0.4) is 0 Å². The van der Waals surface area contributed by atoms with E-state index in [9.17, 15) is 4.79 Å². The lowest BCUT2D eigenvalue weighted by atomic mass is 9.85. The minimum atomic E-state index is -0.445. The maximum Gasteiger partial charge on any atom is 0.233 e. The van der Waals surface area contributed by atoms with Gasteiger partial charge < -0.3 is 14.4 Å². The van der Waals surface area contributed by atoms with Crippen molar-refractivity contribution < 1.29 is 14.3 Å². The maximum absolute atomic E-state index is 13.9. The van der Waals surface area contributed by atoms with E-state index in [4.69, 9.17) is 19.5 Å². The number of ether oxygens (including phenoxy) is 2. The predicted octanol–water partition coefficient (Wildman–Crippen LogP) is 4.38. The van der Waals surface area contributed by atoms with Crippen molar-refractivity contribution in [3.63, 3.8) is 0 Å². The number of likely N-dealkylation sites (tertiary alicyclic amines) is 1. The first kappa shape index (κ1) is 20.5. The number of hydrogen-bond acceptors (Lipinski definition) is 5. The number of methoxy groups -OCH3 is 2. The van der Waals surface area contributed by atoms with Gasteiger partial charge in [-0.1, -0.05) is 12.1 Å². The normalized spacial score (nSPS) is 20.6. The lowest BCUT2D eigenvalue weighted by Gasteiger charge is -2.37. The Kier molecular flexibility index (Phi) is 5.33. The molecule has 166 valence electrons. The van der Waals surface area contributed by atoms with Crippen molar-refractivity contribution in [1.82, 2.24) is 14.5 Å². The standard InChI is InChI=1S/C25H28N4O3/c1-16-22(24(30)28-13-7-4-8-14-28)23(18-15-17(31-2)11-12-21(18)32-3)29-20-10-6-5-9-19(20)27-25(29)26-16/h5-6,9-12,15,22-23H,4,7-8,13-14H2,1-3H3. The number of nitrogens with zero attached hydrogens (tertiary/aromatic N) is 4. The number of amides is 1. The van der Waals surface area contributed by atoms with E-state index in [1.807, 2.05) is 54.3 Å². The molecule has 2 atom stereocenters. The van der Waals surface area contributed by atoms with Crippen LogP contribution in [0.2, 0.25) is 0 Å². The monoisotopic (exact) mass is 432 g/mol. The number of carbonyl (C=O) groups is 1. The highest BCUT2D eigenvalue weighted by Crippen LogP contribution is 2.44. The van der Waals surface area contributed by atoms with E-state index in [2.05, 4.69) is 4.57 Å². The summed E-state index contributed by atoms with van der Waals surface area (Å²) in [5.74, 6) is 1.71. The van der Waals surface area contributed by atoms with Crippen LogP contribution < -0.4 is 9.47 Å². The molecular formula is C25H28N4O3. The van der Waals surface area contributed by atoms with Crippen molar-refractivity contribution in [2.24, 2.45) is 10.9 Å². The van der Waals surface area contributed by atoms with Crippen molar-refractivity contribution in [2.45, 2.75) is 32.2 Å². The molecule has 2 aliphatic rings. The van der Waals surface area contributed by atoms with Gasteiger partial charge in [0.15, 0.2) is 0 Å². The first-order valence-electron chi connectivity index (χ1n) is 11.1. The maximum atomic E-state index is 13.9. The van der Waals surface area contributed by atoms with Crippen LogP contribution >= 0.6 is 0 Å². The van der Waals surface area contributed by atoms with E-state index >= 15 is 0 Å². The first-order valence-corrected chi connectivity index (χ1v) is 11.1. The van der Waals surface area contributed by atoms with Crippen LogP contribution in [-0.2, 0) is 4.79 Å². The molecule has 0 saturated carbocycles. The Morgan fingerprint density at radius 1 is 1.03 bits per heavy atom. The van der Waals surface area contributed by atoms with Gasteiger partial charge >= 0.3 is 0 Å². The lowest BCUT2D eigenvalue weighted by Crippen LogP contribution is -2.46. The number of aliphatic imine (C=N–C) groups is 1. The second kappa shape index (κ2) is 8.30. The number of rotatable bonds is 4. The summed E-state index contributed by atoms with van der Waals surface area (Å²) in [4.78, 5) is 25.5. The molecule has 2 aromatic carbocycles. The van der Waals surface area contributed by atoms with Gasteiger partial charge in [-0.2, -0.15) is 0 Å². The van der Waals surface area contributed by atoms with Gasteiger partial charge in [-0.3, -0.25) is 9.36 Å². The largest absolute Gasteiger partial charge is 0.497 e. The summed E-state index contributed by atoms with van der Waals surface area (Å²) in [5.41, 5.74) is 3.47. The number of fused-ring (bicyclic) bond motifs is 3. The van der Waals surface area contributed by atoms with Gasteiger partial charge in [0.1, 0.15) is 17.4 Å². The van der Waals surface area contributed by atoms with Crippen LogP contribution in [0.5, 0.6) is 11.5 Å².